The lowest BCUT2D eigenvalue weighted by Crippen LogP contribution is -2.34. The van der Waals surface area contributed by atoms with Crippen LogP contribution in [0.4, 0.5) is 5.69 Å². The third-order valence-corrected chi connectivity index (χ3v) is 8.29. The number of carboxylic acids is 1. The molecule has 2 aliphatic rings. The van der Waals surface area contributed by atoms with E-state index in [0.29, 0.717) is 80.3 Å². The maximum atomic E-state index is 14.0. The number of aliphatic carboxylic acids is 1. The van der Waals surface area contributed by atoms with E-state index in [0.717, 1.165) is 11.3 Å². The predicted octanol–water partition coefficient (Wildman–Crippen LogP) is 4.53. The van der Waals surface area contributed by atoms with Crippen LogP contribution in [0.5, 0.6) is 11.5 Å². The molecule has 1 amide bonds. The molecule has 1 aromatic heterocycles. The van der Waals surface area contributed by atoms with Gasteiger partial charge in [-0.2, -0.15) is 5.26 Å². The van der Waals surface area contributed by atoms with Crippen LogP contribution >= 0.6 is 0 Å². The molecule has 1 aromatic carbocycles. The van der Waals surface area contributed by atoms with Crippen molar-refractivity contribution in [3.8, 4) is 17.6 Å². The number of benzene rings is 1. The van der Waals surface area contributed by atoms with Crippen LogP contribution in [0.25, 0.3) is 0 Å². The number of amidine groups is 1. The number of piperidine rings is 1. The number of unbranched alkanes of at least 4 members (excludes halogenated alkanes) is 1. The van der Waals surface area contributed by atoms with Crippen molar-refractivity contribution < 1.29 is 29.0 Å². The first-order chi connectivity index (χ1) is 21.9. The molecule has 2 aliphatic heterocycles. The number of carboxylic acid groups (broad SMARTS) is 1. The van der Waals surface area contributed by atoms with Gasteiger partial charge in [0.15, 0.2) is 17.2 Å². The summed E-state index contributed by atoms with van der Waals surface area (Å²) in [6.45, 7) is 10.2. The van der Waals surface area contributed by atoms with E-state index in [4.69, 9.17) is 20.0 Å². The summed E-state index contributed by atoms with van der Waals surface area (Å²) < 4.78 is 12.0. The molecule has 0 saturated carbocycles. The van der Waals surface area contributed by atoms with Crippen molar-refractivity contribution in [2.75, 3.05) is 44.8 Å². The number of aromatic nitrogens is 1. The molecule has 3 N–H and O–H groups in total. The van der Waals surface area contributed by atoms with Gasteiger partial charge in [-0.1, -0.05) is 20.8 Å². The van der Waals surface area contributed by atoms with Gasteiger partial charge in [-0.25, -0.2) is 4.98 Å². The lowest BCUT2D eigenvalue weighted by Gasteiger charge is -2.35. The van der Waals surface area contributed by atoms with Gasteiger partial charge in [-0.05, 0) is 56.2 Å². The van der Waals surface area contributed by atoms with Crippen molar-refractivity contribution in [2.24, 2.45) is 5.92 Å². The number of nitriles is 1. The summed E-state index contributed by atoms with van der Waals surface area (Å²) in [5, 5.41) is 29.9. The Labute approximate surface area is 270 Å². The molecular formula is C34H44N6O6. The van der Waals surface area contributed by atoms with E-state index >= 15 is 0 Å². The molecule has 246 valence electrons. The highest BCUT2D eigenvalue weighted by atomic mass is 16.5. The minimum absolute atomic E-state index is 0.0212. The first-order valence-electron chi connectivity index (χ1n) is 15.8. The lowest BCUT2D eigenvalue weighted by molar-refractivity contribution is -0.137. The number of rotatable bonds is 13. The number of pyridine rings is 1. The summed E-state index contributed by atoms with van der Waals surface area (Å²) in [7, 11) is 1.50. The average Bonchev–Trinajstić information content (AvgIpc) is 3.32. The second kappa shape index (κ2) is 14.6. The van der Waals surface area contributed by atoms with Crippen molar-refractivity contribution in [2.45, 2.75) is 71.8 Å². The number of anilines is 1. The van der Waals surface area contributed by atoms with Gasteiger partial charge in [-0.15, -0.1) is 0 Å². The highest BCUT2D eigenvalue weighted by Crippen LogP contribution is 2.42. The summed E-state index contributed by atoms with van der Waals surface area (Å²) in [6.07, 6.45) is 2.55. The highest BCUT2D eigenvalue weighted by molar-refractivity contribution is 6.06. The molecule has 4 rings (SSSR count). The van der Waals surface area contributed by atoms with Gasteiger partial charge in [0, 0.05) is 55.7 Å². The molecule has 0 aliphatic carbocycles. The molecule has 0 unspecified atom stereocenters. The van der Waals surface area contributed by atoms with Crippen LogP contribution in [-0.4, -0.2) is 78.4 Å². The summed E-state index contributed by atoms with van der Waals surface area (Å²) >= 11 is 0. The van der Waals surface area contributed by atoms with Gasteiger partial charge in [0.2, 0.25) is 0 Å². The second-order valence-electron chi connectivity index (χ2n) is 12.7. The van der Waals surface area contributed by atoms with Gasteiger partial charge in [0.05, 0.1) is 31.5 Å². The van der Waals surface area contributed by atoms with Crippen molar-refractivity contribution in [1.29, 1.82) is 10.7 Å². The van der Waals surface area contributed by atoms with Crippen molar-refractivity contribution in [1.82, 2.24) is 15.2 Å². The van der Waals surface area contributed by atoms with Gasteiger partial charge in [0.25, 0.3) is 5.91 Å². The van der Waals surface area contributed by atoms with Gasteiger partial charge in [0.1, 0.15) is 17.3 Å². The third-order valence-electron chi connectivity index (χ3n) is 8.29. The molecule has 2 aromatic rings. The Hall–Kier alpha value is -4.66. The smallest absolute Gasteiger partial charge is 0.303 e. The van der Waals surface area contributed by atoms with Crippen LogP contribution < -0.4 is 19.7 Å². The SMILES string of the molecule is CCOc1cc2c(nc1C(=O)NC)C(=N)N(CC(=O)c1cc(N3CCC(C#N)CC3)c(OCCCCC(=O)O)c(C(C)(C)C)c1)C2. The van der Waals surface area contributed by atoms with Crippen LogP contribution in [0, 0.1) is 22.7 Å². The largest absolute Gasteiger partial charge is 0.491 e. The van der Waals surface area contributed by atoms with E-state index in [1.165, 1.54) is 7.05 Å². The Kier molecular flexibility index (Phi) is 10.9. The highest BCUT2D eigenvalue weighted by Gasteiger charge is 2.33. The number of hydrogen-bond donors (Lipinski definition) is 3. The Morgan fingerprint density at radius 3 is 2.48 bits per heavy atom. The number of ether oxygens (including phenoxy) is 2. The van der Waals surface area contributed by atoms with Gasteiger partial charge in [-0.3, -0.25) is 19.8 Å². The standard InChI is InChI=1S/C34H44N6O6/c1-6-45-27-17-23-19-40(32(36)29(23)38-30(27)33(44)37-5)20-26(41)22-15-24(34(2,3)4)31(46-14-8-7-9-28(42)43)25(16-22)39-12-10-21(18-35)11-13-39/h15-17,21,36H,6-14,19-20H2,1-5H3,(H,37,44)(H,42,43). The predicted molar refractivity (Wildman–Crippen MR) is 173 cm³/mol. The maximum absolute atomic E-state index is 14.0. The molecule has 3 heterocycles. The van der Waals surface area contributed by atoms with E-state index in [1.807, 2.05) is 19.1 Å². The summed E-state index contributed by atoms with van der Waals surface area (Å²) in [5.41, 5.74) is 2.88. The summed E-state index contributed by atoms with van der Waals surface area (Å²) in [6, 6.07) is 7.80. The fraction of sp³-hybridized carbons (Fsp3) is 0.529. The van der Waals surface area contributed by atoms with Crippen LogP contribution in [0.1, 0.15) is 97.5 Å². The summed E-state index contributed by atoms with van der Waals surface area (Å²) in [4.78, 5) is 45.7. The third kappa shape index (κ3) is 7.76. The minimum Gasteiger partial charge on any atom is -0.491 e. The number of Topliss-reactive ketones (excluding diaryl/α,β-unsaturated/α-hetero) is 1. The normalized spacial score (nSPS) is 14.9. The quantitative estimate of drug-likeness (QED) is 0.211. The Morgan fingerprint density at radius 1 is 1.15 bits per heavy atom. The van der Waals surface area contributed by atoms with Crippen molar-refractivity contribution >= 4 is 29.2 Å². The maximum Gasteiger partial charge on any atom is 0.303 e. The number of carbonyl (C=O) groups is 3. The number of ketones is 1. The molecule has 46 heavy (non-hydrogen) atoms. The number of nitrogens with zero attached hydrogens (tertiary/aromatic N) is 4. The van der Waals surface area contributed by atoms with E-state index in [2.05, 4.69) is 42.0 Å². The zero-order chi connectivity index (χ0) is 33.6. The molecule has 1 saturated heterocycles. The van der Waals surface area contributed by atoms with Crippen LogP contribution in [0.15, 0.2) is 18.2 Å². The van der Waals surface area contributed by atoms with Crippen LogP contribution in [0.3, 0.4) is 0 Å². The molecule has 0 bridgehead atoms. The topological polar surface area (TPSA) is 169 Å². The number of amides is 1. The molecule has 12 heteroatoms. The molecule has 0 spiro atoms. The molecule has 0 radical (unpaired) electrons. The average molecular weight is 633 g/mol. The minimum atomic E-state index is -0.842. The van der Waals surface area contributed by atoms with E-state index in [-0.39, 0.29) is 42.7 Å². The monoisotopic (exact) mass is 632 g/mol. The van der Waals surface area contributed by atoms with Gasteiger partial charge < -0.3 is 29.7 Å². The Bertz CT molecular complexity index is 1530. The van der Waals surface area contributed by atoms with E-state index in [1.54, 1.807) is 11.0 Å². The number of hydrogen-bond acceptors (Lipinski definition) is 9. The van der Waals surface area contributed by atoms with Crippen molar-refractivity contribution in [3.05, 3.63) is 46.3 Å². The first kappa shape index (κ1) is 34.2. The first-order valence-corrected chi connectivity index (χ1v) is 15.8. The molecule has 0 atom stereocenters. The Morgan fingerprint density at radius 2 is 1.87 bits per heavy atom. The van der Waals surface area contributed by atoms with Crippen molar-refractivity contribution in [3.63, 3.8) is 0 Å². The second-order valence-corrected chi connectivity index (χ2v) is 12.7. The molecular weight excluding hydrogens is 588 g/mol. The zero-order valence-electron chi connectivity index (χ0n) is 27.4. The lowest BCUT2D eigenvalue weighted by atomic mass is 9.84. The fourth-order valence-corrected chi connectivity index (χ4v) is 5.76. The van der Waals surface area contributed by atoms with E-state index in [9.17, 15) is 19.6 Å². The number of fused-ring (bicyclic) bond motifs is 1. The molecule has 1 fully saturated rings. The van der Waals surface area contributed by atoms with Crippen LogP contribution in [0.2, 0.25) is 0 Å². The van der Waals surface area contributed by atoms with Crippen LogP contribution in [-0.2, 0) is 16.8 Å². The van der Waals surface area contributed by atoms with E-state index < -0.39 is 17.3 Å². The molecule has 12 nitrogen and oxygen atoms in total. The zero-order valence-corrected chi connectivity index (χ0v) is 27.4. The Balaban J connectivity index is 1.65. The van der Waals surface area contributed by atoms with Gasteiger partial charge >= 0.3 is 5.97 Å². The fourth-order valence-electron chi connectivity index (χ4n) is 5.76. The summed E-state index contributed by atoms with van der Waals surface area (Å²) in [5.74, 6) is -0.393. The number of carbonyl (C=O) groups excluding carboxylic acids is 2. The number of nitrogens with one attached hydrogen (secondary N) is 2.